The molecule has 0 aliphatic carbocycles. The Morgan fingerprint density at radius 1 is 0.548 bits per heavy atom. The molecule has 212 valence electrons. The molecule has 9 rings (SSSR count). The summed E-state index contributed by atoms with van der Waals surface area (Å²) in [5.41, 5.74) is 9.45. The molecule has 2 aromatic heterocycles. The Balaban J connectivity index is 0.00000176. The Bertz CT molecular complexity index is 1730. The molecule has 0 amide bonds. The molecule has 6 aromatic rings. The lowest BCUT2D eigenvalue weighted by atomic mass is 10.1. The number of benzene rings is 4. The number of anilines is 2. The molecule has 0 unspecified atom stereocenters. The molecule has 0 saturated carbocycles. The third kappa shape index (κ3) is 5.72. The first kappa shape index (κ1) is 29.5. The number of ether oxygens (including phenoxy) is 1. The largest absolute Gasteiger partial charge is 1.00 e. The molecule has 7 heteroatoms. The Kier molecular flexibility index (Phi) is 9.09. The van der Waals surface area contributed by atoms with Crippen molar-refractivity contribution >= 4 is 33.2 Å². The van der Waals surface area contributed by atoms with Gasteiger partial charge in [0, 0.05) is 37.4 Å². The second-order valence-electron chi connectivity index (χ2n) is 10.4. The Labute approximate surface area is 267 Å². The van der Waals surface area contributed by atoms with Crippen LogP contribution in [0.3, 0.4) is 0 Å². The summed E-state index contributed by atoms with van der Waals surface area (Å²) in [4.78, 5) is 0. The number of nitrogens with one attached hydrogen (secondary N) is 2. The van der Waals surface area contributed by atoms with Crippen molar-refractivity contribution in [2.45, 2.75) is 26.2 Å². The third-order valence-corrected chi connectivity index (χ3v) is 7.90. The van der Waals surface area contributed by atoms with Crippen LogP contribution in [-0.2, 0) is 26.2 Å². The minimum atomic E-state index is 0. The second-order valence-corrected chi connectivity index (χ2v) is 10.4. The zero-order valence-electron chi connectivity index (χ0n) is 23.4. The maximum atomic E-state index is 6.07. The second kappa shape index (κ2) is 12.9. The minimum absolute atomic E-state index is 0. The molecular formula is C35H32Br2N4O. The normalized spacial score (nSPS) is 12.5. The summed E-state index contributed by atoms with van der Waals surface area (Å²) in [5, 5.41) is 9.76. The van der Waals surface area contributed by atoms with Crippen molar-refractivity contribution < 1.29 is 47.8 Å². The van der Waals surface area contributed by atoms with E-state index in [2.05, 4.69) is 135 Å². The van der Waals surface area contributed by atoms with E-state index in [1.165, 1.54) is 32.9 Å². The highest BCUT2D eigenvalue weighted by molar-refractivity contribution is 5.89. The number of hydrogen-bond donors (Lipinski definition) is 2. The van der Waals surface area contributed by atoms with E-state index in [1.807, 2.05) is 0 Å². The molecule has 0 spiro atoms. The summed E-state index contributed by atoms with van der Waals surface area (Å²) in [5.74, 6) is 0.937. The van der Waals surface area contributed by atoms with E-state index >= 15 is 0 Å². The number of para-hydroxylation sites is 3. The maximum absolute atomic E-state index is 6.07. The van der Waals surface area contributed by atoms with Crippen molar-refractivity contribution in [3.05, 3.63) is 138 Å². The summed E-state index contributed by atoms with van der Waals surface area (Å²) in [6, 6.07) is 36.9. The van der Waals surface area contributed by atoms with Crippen molar-refractivity contribution in [1.82, 2.24) is 0 Å². The van der Waals surface area contributed by atoms with Gasteiger partial charge in [-0.15, -0.1) is 0 Å². The molecule has 5 heterocycles. The number of halogens is 2. The molecular weight excluding hydrogens is 652 g/mol. The highest BCUT2D eigenvalue weighted by atomic mass is 79.9. The van der Waals surface area contributed by atoms with Gasteiger partial charge in [0.05, 0.1) is 40.4 Å². The van der Waals surface area contributed by atoms with E-state index < -0.39 is 0 Å². The fourth-order valence-electron chi connectivity index (χ4n) is 5.84. The number of rotatable bonds is 1. The zero-order valence-corrected chi connectivity index (χ0v) is 26.5. The van der Waals surface area contributed by atoms with Gasteiger partial charge in [0.2, 0.25) is 11.0 Å². The van der Waals surface area contributed by atoms with Crippen molar-refractivity contribution in [2.75, 3.05) is 17.7 Å². The van der Waals surface area contributed by atoms with E-state index in [4.69, 9.17) is 4.74 Å². The first-order chi connectivity index (χ1) is 19.8. The molecule has 2 N–H and O–H groups in total. The van der Waals surface area contributed by atoms with E-state index in [-0.39, 0.29) is 34.0 Å². The summed E-state index contributed by atoms with van der Waals surface area (Å²) >= 11 is 0. The van der Waals surface area contributed by atoms with Gasteiger partial charge in [-0.2, -0.15) is 9.13 Å². The molecule has 0 radical (unpaired) electrons. The van der Waals surface area contributed by atoms with Crippen LogP contribution in [0.25, 0.3) is 21.8 Å². The predicted octanol–water partition coefficient (Wildman–Crippen LogP) is 0.219. The predicted molar refractivity (Wildman–Crippen MR) is 161 cm³/mol. The molecule has 8 bridgehead atoms. The van der Waals surface area contributed by atoms with Gasteiger partial charge in [-0.3, -0.25) is 0 Å². The zero-order chi connectivity index (χ0) is 26.9. The molecule has 3 aliphatic heterocycles. The lowest BCUT2D eigenvalue weighted by molar-refractivity contribution is -0.663. The standard InChI is InChI=1S/C35H30N4O.2BrH/c1-40-35-27-7-6-8-28(35)24-39-20-18-32(30-10-3-5-12-34(30)39)37-22-26-15-13-25(14-16-26)21-36-31-17-19-38(23-27)33-11-4-2-9-29(31)33;;/h2-20H,21-24H2,1H3;2*1H. The van der Waals surface area contributed by atoms with Crippen LogP contribution in [0.5, 0.6) is 5.75 Å². The maximum Gasteiger partial charge on any atom is 0.214 e. The van der Waals surface area contributed by atoms with Gasteiger partial charge in [0.25, 0.3) is 0 Å². The van der Waals surface area contributed by atoms with Crippen LogP contribution < -0.4 is 58.5 Å². The number of aromatic nitrogens is 2. The molecule has 0 fully saturated rings. The van der Waals surface area contributed by atoms with Crippen LogP contribution in [0.2, 0.25) is 0 Å². The molecule has 0 atom stereocenters. The molecule has 4 aromatic carbocycles. The van der Waals surface area contributed by atoms with Gasteiger partial charge in [-0.05, 0) is 35.4 Å². The monoisotopic (exact) mass is 682 g/mol. The highest BCUT2D eigenvalue weighted by Crippen LogP contribution is 2.27. The lowest BCUT2D eigenvalue weighted by Gasteiger charge is -2.13. The van der Waals surface area contributed by atoms with E-state index in [1.54, 1.807) is 7.11 Å². The van der Waals surface area contributed by atoms with Gasteiger partial charge >= 0.3 is 0 Å². The van der Waals surface area contributed by atoms with Crippen LogP contribution >= 0.6 is 0 Å². The summed E-state index contributed by atoms with van der Waals surface area (Å²) < 4.78 is 10.7. The van der Waals surface area contributed by atoms with Crippen LogP contribution in [0.1, 0.15) is 22.3 Å². The SMILES string of the molecule is COc1c2cccc1C[n+]1ccc(c3ccccc31)NCc1ccc(cc1)CNc1cc[n+](c3ccccc13)C2.[Br-].[Br-]. The quantitative estimate of drug-likeness (QED) is 0.244. The van der Waals surface area contributed by atoms with Gasteiger partial charge in [0.1, 0.15) is 5.75 Å². The average Bonchev–Trinajstić information content (AvgIpc) is 3.00. The average molecular weight is 684 g/mol. The Hall–Kier alpha value is -3.94. The number of hydrogen-bond acceptors (Lipinski definition) is 3. The lowest BCUT2D eigenvalue weighted by Crippen LogP contribution is -3.00. The third-order valence-electron chi connectivity index (χ3n) is 7.90. The number of fused-ring (bicyclic) bond motifs is 2. The van der Waals surface area contributed by atoms with Crippen molar-refractivity contribution in [1.29, 1.82) is 0 Å². The summed E-state index contributed by atoms with van der Waals surface area (Å²) in [6.07, 6.45) is 4.35. The van der Waals surface area contributed by atoms with Crippen LogP contribution in [-0.4, -0.2) is 7.11 Å². The number of methoxy groups -OCH3 is 1. The fraction of sp³-hybridized carbons (Fsp3) is 0.143. The van der Waals surface area contributed by atoms with Gasteiger partial charge in [-0.1, -0.05) is 54.6 Å². The first-order valence-corrected chi connectivity index (χ1v) is 13.8. The van der Waals surface area contributed by atoms with Gasteiger partial charge in [-0.25, -0.2) is 0 Å². The van der Waals surface area contributed by atoms with Crippen LogP contribution in [0.15, 0.2) is 116 Å². The fourth-order valence-corrected chi connectivity index (χ4v) is 5.84. The summed E-state index contributed by atoms with van der Waals surface area (Å²) in [7, 11) is 1.78. The summed E-state index contributed by atoms with van der Waals surface area (Å²) in [6.45, 7) is 2.96. The van der Waals surface area contributed by atoms with Crippen LogP contribution in [0.4, 0.5) is 11.4 Å². The Morgan fingerprint density at radius 3 is 1.45 bits per heavy atom. The van der Waals surface area contributed by atoms with E-state index in [9.17, 15) is 0 Å². The van der Waals surface area contributed by atoms with Gasteiger partial charge < -0.3 is 49.3 Å². The van der Waals surface area contributed by atoms with Crippen molar-refractivity contribution in [2.24, 2.45) is 0 Å². The topological polar surface area (TPSA) is 41.1 Å². The molecule has 0 saturated heterocycles. The highest BCUT2D eigenvalue weighted by Gasteiger charge is 2.20. The number of nitrogens with zero attached hydrogens (tertiary/aromatic N) is 2. The van der Waals surface area contributed by atoms with Gasteiger partial charge in [0.15, 0.2) is 25.5 Å². The van der Waals surface area contributed by atoms with E-state index in [0.717, 1.165) is 41.3 Å². The smallest absolute Gasteiger partial charge is 0.214 e. The molecule has 3 aliphatic rings. The first-order valence-electron chi connectivity index (χ1n) is 13.8. The minimum Gasteiger partial charge on any atom is -1.00 e. The van der Waals surface area contributed by atoms with Crippen molar-refractivity contribution in [3.63, 3.8) is 0 Å². The molecule has 5 nitrogen and oxygen atoms in total. The van der Waals surface area contributed by atoms with Crippen molar-refractivity contribution in [3.8, 4) is 5.75 Å². The van der Waals surface area contributed by atoms with Crippen LogP contribution in [0, 0.1) is 0 Å². The van der Waals surface area contributed by atoms with E-state index in [0.29, 0.717) is 13.1 Å². The number of pyridine rings is 2. The molecule has 42 heavy (non-hydrogen) atoms. The Morgan fingerprint density at radius 2 is 1.00 bits per heavy atom.